The quantitative estimate of drug-likeness (QED) is 0.369. The Labute approximate surface area is 172 Å². The van der Waals surface area contributed by atoms with Crippen LogP contribution in [-0.2, 0) is 0 Å². The summed E-state index contributed by atoms with van der Waals surface area (Å²) in [5, 5.41) is 19.0. The lowest BCUT2D eigenvalue weighted by atomic mass is 9.93. The van der Waals surface area contributed by atoms with Crippen molar-refractivity contribution in [1.82, 2.24) is 15.3 Å². The minimum Gasteiger partial charge on any atom is -0.394 e. The fourth-order valence-corrected chi connectivity index (χ4v) is 4.10. The molecule has 0 saturated carbocycles. The van der Waals surface area contributed by atoms with Gasteiger partial charge >= 0.3 is 0 Å². The third-order valence-electron chi connectivity index (χ3n) is 5.04. The Balaban J connectivity index is 1.53. The predicted molar refractivity (Wildman–Crippen MR) is 117 cm³/mol. The van der Waals surface area contributed by atoms with Crippen molar-refractivity contribution in [2.45, 2.75) is 18.9 Å². The zero-order valence-corrected chi connectivity index (χ0v) is 16.7. The number of amides is 1. The average Bonchev–Trinajstić information content (AvgIpc) is 3.42. The molecule has 148 valence electrons. The van der Waals surface area contributed by atoms with E-state index in [4.69, 9.17) is 0 Å². The molecule has 6 nitrogen and oxygen atoms in total. The van der Waals surface area contributed by atoms with Gasteiger partial charge in [0.15, 0.2) is 0 Å². The fraction of sp³-hybridized carbons (Fsp3) is 0.182. The van der Waals surface area contributed by atoms with Crippen LogP contribution in [0.5, 0.6) is 0 Å². The first-order valence-electron chi connectivity index (χ1n) is 9.40. The van der Waals surface area contributed by atoms with Crippen LogP contribution in [0.4, 0.5) is 11.4 Å². The molecule has 2 atom stereocenters. The lowest BCUT2D eigenvalue weighted by molar-refractivity contribution is 0.0912. The summed E-state index contributed by atoms with van der Waals surface area (Å²) in [7, 11) is 0. The first-order valence-corrected chi connectivity index (χ1v) is 10.3. The topological polar surface area (TPSA) is 90.0 Å². The van der Waals surface area contributed by atoms with Crippen LogP contribution < -0.4 is 10.6 Å². The zero-order chi connectivity index (χ0) is 20.2. The van der Waals surface area contributed by atoms with Crippen LogP contribution >= 0.6 is 11.3 Å². The van der Waals surface area contributed by atoms with Gasteiger partial charge in [-0.05, 0) is 29.1 Å². The monoisotopic (exact) mass is 406 g/mol. The van der Waals surface area contributed by atoms with E-state index >= 15 is 0 Å². The Morgan fingerprint density at radius 3 is 2.79 bits per heavy atom. The number of nitrogens with one attached hydrogen (secondary N) is 3. The molecule has 0 spiro atoms. The molecule has 1 amide bonds. The summed E-state index contributed by atoms with van der Waals surface area (Å²) in [6.45, 7) is 1.87. The summed E-state index contributed by atoms with van der Waals surface area (Å²) < 4.78 is 0. The molecular formula is C22H22N4O2S. The molecular weight excluding hydrogens is 384 g/mol. The Morgan fingerprint density at radius 1 is 1.17 bits per heavy atom. The number of nitrogens with zero attached hydrogens (tertiary/aromatic N) is 1. The van der Waals surface area contributed by atoms with Gasteiger partial charge in [-0.2, -0.15) is 0 Å². The van der Waals surface area contributed by atoms with E-state index < -0.39 is 0 Å². The van der Waals surface area contributed by atoms with Crippen molar-refractivity contribution < 1.29 is 9.90 Å². The number of aliphatic hydroxyl groups excluding tert-OH is 1. The number of anilines is 2. The van der Waals surface area contributed by atoms with E-state index in [0.717, 1.165) is 28.0 Å². The van der Waals surface area contributed by atoms with Crippen LogP contribution in [0.25, 0.3) is 11.0 Å². The smallest absolute Gasteiger partial charge is 0.263 e. The highest BCUT2D eigenvalue weighted by molar-refractivity contribution is 7.12. The number of hydrogen-bond acceptors (Lipinski definition) is 5. The van der Waals surface area contributed by atoms with Gasteiger partial charge in [-0.15, -0.1) is 11.3 Å². The van der Waals surface area contributed by atoms with Crippen LogP contribution in [0, 0.1) is 0 Å². The predicted octanol–water partition coefficient (Wildman–Crippen LogP) is 4.26. The van der Waals surface area contributed by atoms with E-state index in [0.29, 0.717) is 4.88 Å². The molecule has 0 fully saturated rings. The number of aliphatic hydroxyl groups is 1. The molecule has 0 saturated heterocycles. The van der Waals surface area contributed by atoms with Gasteiger partial charge in [-0.3, -0.25) is 4.79 Å². The second kappa shape index (κ2) is 8.46. The molecule has 2 unspecified atom stereocenters. The van der Waals surface area contributed by atoms with Crippen molar-refractivity contribution in [3.8, 4) is 0 Å². The Hall–Kier alpha value is -3.16. The molecule has 29 heavy (non-hydrogen) atoms. The molecule has 4 N–H and O–H groups in total. The highest BCUT2D eigenvalue weighted by atomic mass is 32.1. The van der Waals surface area contributed by atoms with Gasteiger partial charge in [0.2, 0.25) is 0 Å². The van der Waals surface area contributed by atoms with Gasteiger partial charge in [-0.1, -0.05) is 37.3 Å². The molecule has 3 heterocycles. The van der Waals surface area contributed by atoms with Crippen molar-refractivity contribution in [3.05, 3.63) is 76.7 Å². The first kappa shape index (κ1) is 19.2. The number of aromatic amines is 1. The summed E-state index contributed by atoms with van der Waals surface area (Å²) in [5.74, 6) is -0.218. The van der Waals surface area contributed by atoms with E-state index in [-0.39, 0.29) is 24.5 Å². The number of benzene rings is 1. The molecule has 4 rings (SSSR count). The summed E-state index contributed by atoms with van der Waals surface area (Å²) >= 11 is 1.36. The third kappa shape index (κ3) is 4.01. The molecule has 3 aromatic heterocycles. The number of carbonyl (C=O) groups is 1. The molecule has 1 aromatic carbocycles. The van der Waals surface area contributed by atoms with Crippen LogP contribution in [0.1, 0.15) is 28.1 Å². The molecule has 4 aromatic rings. The van der Waals surface area contributed by atoms with Gasteiger partial charge in [0.05, 0.1) is 24.0 Å². The first-order chi connectivity index (χ1) is 14.2. The number of carbonyl (C=O) groups excluding carboxylic acids is 1. The maximum absolute atomic E-state index is 13.0. The third-order valence-corrected chi connectivity index (χ3v) is 5.96. The second-order valence-electron chi connectivity index (χ2n) is 6.85. The zero-order valence-electron chi connectivity index (χ0n) is 15.9. The van der Waals surface area contributed by atoms with Gasteiger partial charge in [0.25, 0.3) is 5.91 Å². The molecule has 7 heteroatoms. The Morgan fingerprint density at radius 2 is 2.00 bits per heavy atom. The molecule has 0 radical (unpaired) electrons. The average molecular weight is 407 g/mol. The van der Waals surface area contributed by atoms with Crippen molar-refractivity contribution in [3.63, 3.8) is 0 Å². The lowest BCUT2D eigenvalue weighted by Gasteiger charge is -2.23. The largest absolute Gasteiger partial charge is 0.394 e. The maximum atomic E-state index is 13.0. The van der Waals surface area contributed by atoms with Gasteiger partial charge < -0.3 is 20.7 Å². The SMILES string of the molecule is CC(c1ccccc1)C(CO)NC(=O)c1sccc1Nc1ccnc2[nH]ccc12. The Bertz CT molecular complexity index is 1110. The lowest BCUT2D eigenvalue weighted by Crippen LogP contribution is -2.41. The highest BCUT2D eigenvalue weighted by Crippen LogP contribution is 2.30. The standard InChI is InChI=1S/C22H22N4O2S/c1-14(15-5-3-2-4-6-15)19(13-27)26-22(28)20-18(9-12-29-20)25-17-8-11-24-21-16(17)7-10-23-21/h2-12,14,19,27H,13H2,1H3,(H,26,28)(H2,23,24,25). The normalized spacial score (nSPS) is 13.2. The maximum Gasteiger partial charge on any atom is 0.263 e. The molecule has 0 aliphatic rings. The number of pyridine rings is 1. The van der Waals surface area contributed by atoms with E-state index in [9.17, 15) is 9.90 Å². The summed E-state index contributed by atoms with van der Waals surface area (Å²) in [6.07, 6.45) is 3.55. The van der Waals surface area contributed by atoms with Gasteiger partial charge in [-0.25, -0.2) is 4.98 Å². The van der Waals surface area contributed by atoms with Crippen LogP contribution in [0.3, 0.4) is 0 Å². The van der Waals surface area contributed by atoms with E-state index in [2.05, 4.69) is 20.6 Å². The molecule has 0 aliphatic carbocycles. The minimum atomic E-state index is -0.378. The Kier molecular flexibility index (Phi) is 5.59. The molecule has 0 bridgehead atoms. The summed E-state index contributed by atoms with van der Waals surface area (Å²) in [6, 6.07) is 15.2. The number of thiophene rings is 1. The van der Waals surface area contributed by atoms with Crippen molar-refractivity contribution in [2.24, 2.45) is 0 Å². The number of fused-ring (bicyclic) bond motifs is 1. The number of H-pyrrole nitrogens is 1. The van der Waals surface area contributed by atoms with Crippen molar-refractivity contribution >= 4 is 39.7 Å². The minimum absolute atomic E-state index is 0.0128. The number of hydrogen-bond donors (Lipinski definition) is 4. The second-order valence-corrected chi connectivity index (χ2v) is 7.76. The summed E-state index contributed by atoms with van der Waals surface area (Å²) in [4.78, 5) is 20.9. The van der Waals surface area contributed by atoms with Gasteiger partial charge in [0.1, 0.15) is 10.5 Å². The summed E-state index contributed by atoms with van der Waals surface area (Å²) in [5.41, 5.74) is 3.46. The molecule has 0 aliphatic heterocycles. The van der Waals surface area contributed by atoms with Crippen LogP contribution in [0.15, 0.2) is 66.3 Å². The fourth-order valence-electron chi connectivity index (χ4n) is 3.35. The van der Waals surface area contributed by atoms with Crippen molar-refractivity contribution in [1.29, 1.82) is 0 Å². The number of aromatic nitrogens is 2. The van der Waals surface area contributed by atoms with Gasteiger partial charge in [0, 0.05) is 23.7 Å². The van der Waals surface area contributed by atoms with Crippen LogP contribution in [-0.4, -0.2) is 33.6 Å². The van der Waals surface area contributed by atoms with E-state index in [1.807, 2.05) is 67.0 Å². The highest BCUT2D eigenvalue weighted by Gasteiger charge is 2.23. The van der Waals surface area contributed by atoms with E-state index in [1.54, 1.807) is 6.20 Å². The van der Waals surface area contributed by atoms with Crippen molar-refractivity contribution in [2.75, 3.05) is 11.9 Å². The van der Waals surface area contributed by atoms with E-state index in [1.165, 1.54) is 11.3 Å². The van der Waals surface area contributed by atoms with Crippen LogP contribution in [0.2, 0.25) is 0 Å². The number of rotatable bonds is 7.